The third-order valence-corrected chi connectivity index (χ3v) is 4.49. The number of hydrogen-bond donors (Lipinski definition) is 0. The van der Waals surface area contributed by atoms with Crippen molar-refractivity contribution in [3.63, 3.8) is 0 Å². The third kappa shape index (κ3) is 14.8. The summed E-state index contributed by atoms with van der Waals surface area (Å²) in [5.41, 5.74) is 0. The molecule has 0 aliphatic heterocycles. The van der Waals surface area contributed by atoms with Crippen LogP contribution in [0.3, 0.4) is 0 Å². The second-order valence-corrected chi connectivity index (χ2v) is 7.01. The molecule has 0 fully saturated rings. The van der Waals surface area contributed by atoms with Crippen molar-refractivity contribution in [1.82, 2.24) is 4.90 Å². The number of allylic oxidation sites excluding steroid dienone is 2. The first-order valence-corrected chi connectivity index (χ1v) is 10.7. The summed E-state index contributed by atoms with van der Waals surface area (Å²) >= 11 is 0. The predicted molar refractivity (Wildman–Crippen MR) is 107 cm³/mol. The van der Waals surface area contributed by atoms with Crippen LogP contribution < -0.4 is 0 Å². The van der Waals surface area contributed by atoms with Gasteiger partial charge in [0, 0.05) is 19.5 Å². The zero-order chi connectivity index (χ0) is 17.9. The van der Waals surface area contributed by atoms with E-state index in [0.29, 0.717) is 5.91 Å². The molecule has 0 aromatic heterocycles. The predicted octanol–water partition coefficient (Wildman–Crippen LogP) is 6.89. The Balaban J connectivity index is 3.43. The fraction of sp³-hybridized carbons (Fsp3) is 0.864. The van der Waals surface area contributed by atoms with Gasteiger partial charge in [0.15, 0.2) is 0 Å². The molecule has 142 valence electrons. The quantitative estimate of drug-likeness (QED) is 0.209. The van der Waals surface area contributed by atoms with Crippen LogP contribution in [0.1, 0.15) is 111 Å². The molecule has 0 radical (unpaired) electrons. The zero-order valence-electron chi connectivity index (χ0n) is 16.8. The average molecular weight is 338 g/mol. The average Bonchev–Trinajstić information content (AvgIpc) is 2.58. The van der Waals surface area contributed by atoms with Gasteiger partial charge in [-0.25, -0.2) is 0 Å². The first-order valence-electron chi connectivity index (χ1n) is 10.7. The highest BCUT2D eigenvalue weighted by Gasteiger charge is 2.10. The highest BCUT2D eigenvalue weighted by molar-refractivity contribution is 5.76. The lowest BCUT2D eigenvalue weighted by Gasteiger charge is -2.21. The monoisotopic (exact) mass is 337 g/mol. The summed E-state index contributed by atoms with van der Waals surface area (Å²) in [7, 11) is 0. The highest BCUT2D eigenvalue weighted by Crippen LogP contribution is 2.10. The molecule has 0 bridgehead atoms. The second kappa shape index (κ2) is 18.5. The Labute approximate surface area is 152 Å². The number of amides is 1. The standard InChI is InChI=1S/C22H43NO/c1-4-7-8-9-10-11-12-13-14-15-16-17-18-19-22(24)23(20-5-2)21-6-3/h11-12H,4-10,13-21H2,1-3H3/b12-11-. The van der Waals surface area contributed by atoms with E-state index in [1.165, 1.54) is 64.2 Å². The molecule has 0 saturated heterocycles. The molecule has 0 atom stereocenters. The van der Waals surface area contributed by atoms with Gasteiger partial charge in [-0.1, -0.05) is 71.4 Å². The molecule has 0 saturated carbocycles. The largest absolute Gasteiger partial charge is 0.343 e. The maximum Gasteiger partial charge on any atom is 0.222 e. The van der Waals surface area contributed by atoms with E-state index in [0.717, 1.165) is 38.8 Å². The second-order valence-electron chi connectivity index (χ2n) is 7.01. The van der Waals surface area contributed by atoms with E-state index in [1.807, 2.05) is 4.90 Å². The lowest BCUT2D eigenvalue weighted by Crippen LogP contribution is -2.32. The van der Waals surface area contributed by atoms with Gasteiger partial charge in [-0.3, -0.25) is 4.79 Å². The van der Waals surface area contributed by atoms with E-state index in [9.17, 15) is 4.79 Å². The molecule has 0 N–H and O–H groups in total. The normalized spacial score (nSPS) is 11.3. The summed E-state index contributed by atoms with van der Waals surface area (Å²) in [5.74, 6) is 0.365. The van der Waals surface area contributed by atoms with Crippen LogP contribution in [0, 0.1) is 0 Å². The van der Waals surface area contributed by atoms with Crippen molar-refractivity contribution in [2.75, 3.05) is 13.1 Å². The molecule has 0 rings (SSSR count). The lowest BCUT2D eigenvalue weighted by atomic mass is 10.1. The first kappa shape index (κ1) is 23.2. The van der Waals surface area contributed by atoms with Gasteiger partial charge in [-0.05, 0) is 44.9 Å². The first-order chi connectivity index (χ1) is 11.8. The van der Waals surface area contributed by atoms with Gasteiger partial charge >= 0.3 is 0 Å². The molecule has 24 heavy (non-hydrogen) atoms. The zero-order valence-corrected chi connectivity index (χ0v) is 16.8. The van der Waals surface area contributed by atoms with Gasteiger partial charge < -0.3 is 4.90 Å². The van der Waals surface area contributed by atoms with Crippen molar-refractivity contribution in [3.05, 3.63) is 12.2 Å². The van der Waals surface area contributed by atoms with Crippen LogP contribution in [0.15, 0.2) is 12.2 Å². The van der Waals surface area contributed by atoms with E-state index in [-0.39, 0.29) is 0 Å². The number of hydrogen-bond acceptors (Lipinski definition) is 1. The van der Waals surface area contributed by atoms with Crippen molar-refractivity contribution in [2.45, 2.75) is 111 Å². The number of nitrogens with zero attached hydrogens (tertiary/aromatic N) is 1. The maximum atomic E-state index is 12.1. The third-order valence-electron chi connectivity index (χ3n) is 4.49. The minimum Gasteiger partial charge on any atom is -0.343 e. The number of carbonyl (C=O) groups excluding carboxylic acids is 1. The highest BCUT2D eigenvalue weighted by atomic mass is 16.2. The Bertz CT molecular complexity index is 292. The van der Waals surface area contributed by atoms with Crippen LogP contribution in [-0.2, 0) is 4.79 Å². The van der Waals surface area contributed by atoms with E-state index in [2.05, 4.69) is 32.9 Å². The SMILES string of the molecule is CCCCCC/C=C\CCCCCCCC(=O)N(CCC)CCC. The summed E-state index contributed by atoms with van der Waals surface area (Å²) in [4.78, 5) is 14.2. The van der Waals surface area contributed by atoms with Crippen LogP contribution in [0.5, 0.6) is 0 Å². The molecule has 0 heterocycles. The minimum atomic E-state index is 0.365. The molecule has 2 heteroatoms. The van der Waals surface area contributed by atoms with Crippen LogP contribution in [0.4, 0.5) is 0 Å². The molecular formula is C22H43NO. The smallest absolute Gasteiger partial charge is 0.222 e. The summed E-state index contributed by atoms with van der Waals surface area (Å²) in [6, 6.07) is 0. The maximum absolute atomic E-state index is 12.1. The van der Waals surface area contributed by atoms with Crippen molar-refractivity contribution >= 4 is 5.91 Å². The Hall–Kier alpha value is -0.790. The topological polar surface area (TPSA) is 20.3 Å². The molecule has 1 amide bonds. The summed E-state index contributed by atoms with van der Waals surface area (Å²) in [6.45, 7) is 8.41. The van der Waals surface area contributed by atoms with Gasteiger partial charge in [-0.2, -0.15) is 0 Å². The van der Waals surface area contributed by atoms with E-state index < -0.39 is 0 Å². The number of carbonyl (C=O) groups is 1. The summed E-state index contributed by atoms with van der Waals surface area (Å²) in [5, 5.41) is 0. The molecule has 0 unspecified atom stereocenters. The summed E-state index contributed by atoms with van der Waals surface area (Å²) < 4.78 is 0. The van der Waals surface area contributed by atoms with Crippen LogP contribution in [0.2, 0.25) is 0 Å². The van der Waals surface area contributed by atoms with E-state index in [4.69, 9.17) is 0 Å². The fourth-order valence-corrected chi connectivity index (χ4v) is 3.05. The van der Waals surface area contributed by atoms with Gasteiger partial charge in [0.1, 0.15) is 0 Å². The Morgan fingerprint density at radius 2 is 1.17 bits per heavy atom. The Morgan fingerprint density at radius 1 is 0.667 bits per heavy atom. The minimum absolute atomic E-state index is 0.365. The summed E-state index contributed by atoms with van der Waals surface area (Å²) in [6.07, 6.45) is 21.7. The van der Waals surface area contributed by atoms with Crippen LogP contribution in [-0.4, -0.2) is 23.9 Å². The van der Waals surface area contributed by atoms with Crippen LogP contribution in [0.25, 0.3) is 0 Å². The molecule has 0 aromatic rings. The molecule has 0 aromatic carbocycles. The van der Waals surface area contributed by atoms with Gasteiger partial charge in [0.2, 0.25) is 5.91 Å². The molecule has 0 spiro atoms. The van der Waals surface area contributed by atoms with Gasteiger partial charge in [-0.15, -0.1) is 0 Å². The fourth-order valence-electron chi connectivity index (χ4n) is 3.05. The Morgan fingerprint density at radius 3 is 1.71 bits per heavy atom. The number of rotatable bonds is 17. The van der Waals surface area contributed by atoms with E-state index >= 15 is 0 Å². The van der Waals surface area contributed by atoms with Crippen molar-refractivity contribution in [1.29, 1.82) is 0 Å². The van der Waals surface area contributed by atoms with E-state index in [1.54, 1.807) is 0 Å². The van der Waals surface area contributed by atoms with Gasteiger partial charge in [0.25, 0.3) is 0 Å². The molecule has 2 nitrogen and oxygen atoms in total. The van der Waals surface area contributed by atoms with Gasteiger partial charge in [0.05, 0.1) is 0 Å². The van der Waals surface area contributed by atoms with Crippen molar-refractivity contribution in [2.24, 2.45) is 0 Å². The van der Waals surface area contributed by atoms with Crippen molar-refractivity contribution in [3.8, 4) is 0 Å². The molecule has 0 aliphatic carbocycles. The number of unbranched alkanes of at least 4 members (excludes halogenated alkanes) is 9. The molecule has 0 aliphatic rings. The van der Waals surface area contributed by atoms with Crippen molar-refractivity contribution < 1.29 is 4.79 Å². The molecular weight excluding hydrogens is 294 g/mol. The Kier molecular flexibility index (Phi) is 17.9. The van der Waals surface area contributed by atoms with Crippen LogP contribution >= 0.6 is 0 Å². The lowest BCUT2D eigenvalue weighted by molar-refractivity contribution is -0.131.